The minimum absolute atomic E-state index is 0.00200. The van der Waals surface area contributed by atoms with E-state index in [2.05, 4.69) is 0 Å². The Hall–Kier alpha value is -5.86. The maximum atomic E-state index is 9.59. The minimum Gasteiger partial charge on any atom is -0.309 e. The molecule has 0 atom stereocenters. The lowest BCUT2D eigenvalue weighted by Gasteiger charge is -2.11. The number of aryl methyl sites for hydroxylation is 1. The Morgan fingerprint density at radius 2 is 1.00 bits per heavy atom. The molecule has 2 nitrogen and oxygen atoms in total. The highest BCUT2D eigenvalue weighted by Gasteiger charge is 2.20. The van der Waals surface area contributed by atoms with Crippen LogP contribution in [0.4, 0.5) is 0 Å². The first kappa shape index (κ1) is 18.1. The molecular formula is C43H30N2. The number of benzene rings is 7. The lowest BCUT2D eigenvalue weighted by molar-refractivity contribution is 1.17. The summed E-state index contributed by atoms with van der Waals surface area (Å²) in [5.41, 5.74) is 6.37. The van der Waals surface area contributed by atoms with Crippen LogP contribution < -0.4 is 0 Å². The van der Waals surface area contributed by atoms with Crippen molar-refractivity contribution in [1.82, 2.24) is 9.13 Å². The second kappa shape index (κ2) is 10.1. The van der Waals surface area contributed by atoms with Gasteiger partial charge in [-0.2, -0.15) is 0 Å². The van der Waals surface area contributed by atoms with E-state index in [1.54, 1.807) is 53.1 Å². The first-order chi connectivity index (χ1) is 25.9. The smallest absolute Gasteiger partial charge is 0.0646 e. The number of hydrogen-bond acceptors (Lipinski definition) is 0. The molecule has 2 aromatic heterocycles. The van der Waals surface area contributed by atoms with Crippen LogP contribution in [0.2, 0.25) is 0 Å². The van der Waals surface area contributed by atoms with Crippen LogP contribution >= 0.6 is 0 Å². The summed E-state index contributed by atoms with van der Waals surface area (Å²) in [6.45, 7) is 1.83. The molecule has 0 spiro atoms. The van der Waals surface area contributed by atoms with E-state index in [9.17, 15) is 2.74 Å². The number of nitrogens with zero attached hydrogens (tertiary/aromatic N) is 2. The third kappa shape index (κ3) is 4.03. The van der Waals surface area contributed by atoms with Gasteiger partial charge >= 0.3 is 0 Å². The molecule has 0 bridgehead atoms. The van der Waals surface area contributed by atoms with Gasteiger partial charge in [0.05, 0.1) is 34.4 Å². The van der Waals surface area contributed by atoms with Crippen molar-refractivity contribution >= 4 is 43.6 Å². The van der Waals surface area contributed by atoms with Crippen LogP contribution in [0, 0.1) is 6.92 Å². The van der Waals surface area contributed by atoms with E-state index < -0.39 is 0 Å². The highest BCUT2D eigenvalue weighted by Crippen LogP contribution is 2.42. The molecule has 0 fully saturated rings. The van der Waals surface area contributed by atoms with E-state index in [1.165, 1.54) is 6.07 Å². The minimum atomic E-state index is -0.152. The van der Waals surface area contributed by atoms with Crippen LogP contribution in [0.15, 0.2) is 164 Å². The summed E-state index contributed by atoms with van der Waals surface area (Å²) >= 11 is 0. The maximum Gasteiger partial charge on any atom is 0.0646 e. The van der Waals surface area contributed by atoms with Crippen LogP contribution in [0.5, 0.6) is 0 Å². The molecule has 0 radical (unpaired) electrons. The van der Waals surface area contributed by atoms with Gasteiger partial charge in [-0.05, 0) is 77.6 Å². The van der Waals surface area contributed by atoms with Gasteiger partial charge in [0, 0.05) is 32.9 Å². The zero-order valence-electron chi connectivity index (χ0n) is 33.3. The van der Waals surface area contributed by atoms with Crippen molar-refractivity contribution in [3.8, 4) is 33.6 Å². The molecule has 0 aliphatic rings. The second-order valence-electron chi connectivity index (χ2n) is 11.2. The molecular weight excluding hydrogens is 544 g/mol. The first-order valence-corrected chi connectivity index (χ1v) is 14.8. The van der Waals surface area contributed by atoms with E-state index in [1.807, 2.05) is 66.1 Å². The van der Waals surface area contributed by atoms with Gasteiger partial charge in [-0.3, -0.25) is 0 Å². The zero-order chi connectivity index (χ0) is 37.7. The van der Waals surface area contributed by atoms with Crippen LogP contribution in [0.25, 0.3) is 77.2 Å². The topological polar surface area (TPSA) is 9.86 Å². The van der Waals surface area contributed by atoms with Gasteiger partial charge in [0.15, 0.2) is 0 Å². The van der Waals surface area contributed by atoms with Crippen LogP contribution in [0.1, 0.15) is 17.9 Å². The van der Waals surface area contributed by atoms with Gasteiger partial charge in [-0.15, -0.1) is 0 Å². The van der Waals surface area contributed by atoms with Gasteiger partial charge < -0.3 is 9.13 Å². The van der Waals surface area contributed by atoms with Gasteiger partial charge in [0.1, 0.15) is 0 Å². The van der Waals surface area contributed by atoms with Gasteiger partial charge in [-0.25, -0.2) is 0 Å². The Bertz CT molecular complexity index is 3010. The number of fused-ring (bicyclic) bond motifs is 7. The van der Waals surface area contributed by atoms with Crippen molar-refractivity contribution in [1.29, 1.82) is 0 Å². The Labute approximate surface area is 274 Å². The SMILES string of the molecule is [2H]c1cc([2H])c2c(c1)c1c3c4cc([2H])c([2H])cc4n(-c4ccc(-c5ccccc5)cc4)c3c([2H])c([2H])c1n2-c1cc([2H])c(-c2ccc(C)c([2H])c2)c([2H])c1. The van der Waals surface area contributed by atoms with Gasteiger partial charge in [0.2, 0.25) is 0 Å². The summed E-state index contributed by atoms with van der Waals surface area (Å²) in [5.74, 6) is 0. The predicted molar refractivity (Wildman–Crippen MR) is 191 cm³/mol. The fraction of sp³-hybridized carbons (Fsp3) is 0.0233. The van der Waals surface area contributed by atoms with Crippen molar-refractivity contribution in [2.45, 2.75) is 6.92 Å². The Morgan fingerprint density at radius 3 is 1.76 bits per heavy atom. The quantitative estimate of drug-likeness (QED) is 0.195. The molecule has 2 heteroatoms. The highest BCUT2D eigenvalue weighted by molar-refractivity contribution is 6.28. The van der Waals surface area contributed by atoms with Crippen LogP contribution in [-0.2, 0) is 0 Å². The summed E-state index contributed by atoms with van der Waals surface area (Å²) in [6, 6.07) is 32.6. The molecule has 212 valence electrons. The second-order valence-corrected chi connectivity index (χ2v) is 11.2. The average molecular weight is 584 g/mol. The Kier molecular flexibility index (Phi) is 4.06. The lowest BCUT2D eigenvalue weighted by Crippen LogP contribution is -1.95. The molecule has 0 N–H and O–H groups in total. The number of aromatic nitrogens is 2. The standard InChI is InChI=1S/C43H30N2/c1-29-15-17-31(18-16-29)33-21-25-35(26-22-33)45-39-14-8-6-12-37(39)43-41(45)28-27-40-42(43)36-11-5-7-13-38(36)44(40)34-23-19-32(20-24-34)30-9-3-2-4-10-30/h2-28H,1H3/i5D,6D,7D,14D,15D,21D,22D,27D,28D. The Morgan fingerprint density at radius 1 is 0.400 bits per heavy atom. The van der Waals surface area contributed by atoms with E-state index in [0.29, 0.717) is 66.6 Å². The monoisotopic (exact) mass is 583 g/mol. The van der Waals surface area contributed by atoms with Crippen molar-refractivity contribution in [2.75, 3.05) is 0 Å². The third-order valence-electron chi connectivity index (χ3n) is 8.51. The molecule has 0 unspecified atom stereocenters. The fourth-order valence-corrected chi connectivity index (χ4v) is 6.38. The lowest BCUT2D eigenvalue weighted by atomic mass is 10.0. The van der Waals surface area contributed by atoms with E-state index in [0.717, 1.165) is 16.7 Å². The molecule has 9 rings (SSSR count). The largest absolute Gasteiger partial charge is 0.309 e. The number of para-hydroxylation sites is 2. The molecule has 0 saturated heterocycles. The molecule has 9 aromatic rings. The molecule has 45 heavy (non-hydrogen) atoms. The normalized spacial score (nSPS) is 14.5. The van der Waals surface area contributed by atoms with E-state index >= 15 is 0 Å². The summed E-state index contributed by atoms with van der Waals surface area (Å²) in [6.07, 6.45) is 0. The average Bonchev–Trinajstić information content (AvgIpc) is 3.65. The van der Waals surface area contributed by atoms with Crippen molar-refractivity contribution in [2.24, 2.45) is 0 Å². The maximum absolute atomic E-state index is 9.59. The fourth-order valence-electron chi connectivity index (χ4n) is 6.38. The Balaban J connectivity index is 1.41. The van der Waals surface area contributed by atoms with E-state index in [4.69, 9.17) is 9.60 Å². The van der Waals surface area contributed by atoms with Gasteiger partial charge in [-0.1, -0.05) is 121 Å². The van der Waals surface area contributed by atoms with Crippen molar-refractivity contribution < 1.29 is 12.3 Å². The molecule has 0 amide bonds. The molecule has 0 saturated carbocycles. The number of hydrogen-bond donors (Lipinski definition) is 0. The van der Waals surface area contributed by atoms with E-state index in [-0.39, 0.29) is 53.9 Å². The zero-order valence-corrected chi connectivity index (χ0v) is 24.3. The highest BCUT2D eigenvalue weighted by atomic mass is 15.0. The van der Waals surface area contributed by atoms with Gasteiger partial charge in [0.25, 0.3) is 0 Å². The molecule has 0 aliphatic carbocycles. The molecule has 2 heterocycles. The van der Waals surface area contributed by atoms with Crippen molar-refractivity contribution in [3.05, 3.63) is 169 Å². The molecule has 7 aromatic carbocycles. The number of rotatable bonds is 4. The molecule has 0 aliphatic heterocycles. The summed E-state index contributed by atoms with van der Waals surface area (Å²) in [4.78, 5) is 0. The predicted octanol–water partition coefficient (Wildman–Crippen LogP) is 11.5. The summed E-state index contributed by atoms with van der Waals surface area (Å²) < 4.78 is 84.1. The first-order valence-electron chi connectivity index (χ1n) is 19.3. The third-order valence-corrected chi connectivity index (χ3v) is 8.51. The summed E-state index contributed by atoms with van der Waals surface area (Å²) in [5, 5.41) is 2.12. The summed E-state index contributed by atoms with van der Waals surface area (Å²) in [7, 11) is 0. The van der Waals surface area contributed by atoms with Crippen molar-refractivity contribution in [3.63, 3.8) is 0 Å². The van der Waals surface area contributed by atoms with Crippen LogP contribution in [-0.4, -0.2) is 9.13 Å². The van der Waals surface area contributed by atoms with Crippen LogP contribution in [0.3, 0.4) is 0 Å².